The first-order valence-electron chi connectivity index (χ1n) is 9.46. The van der Waals surface area contributed by atoms with Gasteiger partial charge in [0.2, 0.25) is 15.9 Å². The molecular weight excluding hydrogens is 388 g/mol. The Morgan fingerprint density at radius 3 is 2.69 bits per heavy atom. The fourth-order valence-corrected chi connectivity index (χ4v) is 4.39. The molecule has 1 amide bonds. The summed E-state index contributed by atoms with van der Waals surface area (Å²) in [6, 6.07) is 14.9. The molecule has 0 aliphatic carbocycles. The number of nitrogens with one attached hydrogen (secondary N) is 1. The van der Waals surface area contributed by atoms with E-state index in [1.807, 2.05) is 31.2 Å². The molecular formula is C22H26N2O4S. The van der Waals surface area contributed by atoms with E-state index >= 15 is 0 Å². The van der Waals surface area contributed by atoms with Crippen molar-refractivity contribution >= 4 is 15.9 Å². The fourth-order valence-electron chi connectivity index (χ4n) is 3.61. The molecule has 2 atom stereocenters. The van der Waals surface area contributed by atoms with Gasteiger partial charge in [0.1, 0.15) is 0 Å². The lowest BCUT2D eigenvalue weighted by molar-refractivity contribution is -0.125. The van der Waals surface area contributed by atoms with Gasteiger partial charge in [0, 0.05) is 19.0 Å². The summed E-state index contributed by atoms with van der Waals surface area (Å²) in [6.45, 7) is 6.91. The lowest BCUT2D eigenvalue weighted by Gasteiger charge is -2.20. The van der Waals surface area contributed by atoms with E-state index in [0.29, 0.717) is 19.7 Å². The second-order valence-corrected chi connectivity index (χ2v) is 9.06. The number of nitrogens with zero attached hydrogens (tertiary/aromatic N) is 1. The van der Waals surface area contributed by atoms with E-state index in [2.05, 4.69) is 17.4 Å². The van der Waals surface area contributed by atoms with Crippen LogP contribution in [0.3, 0.4) is 0 Å². The molecule has 7 heteroatoms. The molecule has 154 valence electrons. The first kappa shape index (κ1) is 21.2. The maximum absolute atomic E-state index is 12.2. The Bertz CT molecular complexity index is 1000. The largest absolute Gasteiger partial charge is 0.371 e. The number of amides is 1. The van der Waals surface area contributed by atoms with Gasteiger partial charge in [-0.3, -0.25) is 4.79 Å². The molecule has 1 heterocycles. The number of likely N-dealkylation sites (tertiary alicyclic amines) is 1. The summed E-state index contributed by atoms with van der Waals surface area (Å²) in [6.07, 6.45) is 1.05. The molecule has 1 aliphatic heterocycles. The van der Waals surface area contributed by atoms with E-state index in [1.165, 1.54) is 13.1 Å². The van der Waals surface area contributed by atoms with Gasteiger partial charge in [0.25, 0.3) is 0 Å². The number of ether oxygens (including phenoxy) is 1. The minimum absolute atomic E-state index is 0.129. The topological polar surface area (TPSA) is 75.7 Å². The molecule has 1 saturated heterocycles. The second kappa shape index (κ2) is 8.90. The van der Waals surface area contributed by atoms with Gasteiger partial charge in [-0.25, -0.2) is 13.1 Å². The number of aryl methyl sites for hydroxylation is 1. The molecule has 0 saturated carbocycles. The molecule has 0 radical (unpaired) electrons. The third kappa shape index (κ3) is 4.93. The SMILES string of the molecule is C=CC(=O)N1C[C@@H](OCc2cccc(C)c2)[C@H](c2cccc(S(=O)(=O)NC)c2)C1. The van der Waals surface area contributed by atoms with Crippen LogP contribution in [0, 0.1) is 6.92 Å². The number of rotatable bonds is 7. The summed E-state index contributed by atoms with van der Waals surface area (Å²) >= 11 is 0. The molecule has 0 unspecified atom stereocenters. The number of sulfonamides is 1. The van der Waals surface area contributed by atoms with Crippen LogP contribution in [0.4, 0.5) is 0 Å². The van der Waals surface area contributed by atoms with Crippen LogP contribution in [0.1, 0.15) is 22.6 Å². The second-order valence-electron chi connectivity index (χ2n) is 7.17. The van der Waals surface area contributed by atoms with Crippen LogP contribution >= 0.6 is 0 Å². The van der Waals surface area contributed by atoms with Crippen molar-refractivity contribution in [1.29, 1.82) is 0 Å². The number of carbonyl (C=O) groups excluding carboxylic acids is 1. The van der Waals surface area contributed by atoms with Crippen LogP contribution in [0.25, 0.3) is 0 Å². The third-order valence-corrected chi connectivity index (χ3v) is 6.58. The molecule has 0 spiro atoms. The van der Waals surface area contributed by atoms with E-state index in [1.54, 1.807) is 23.1 Å². The van der Waals surface area contributed by atoms with Gasteiger partial charge < -0.3 is 9.64 Å². The maximum Gasteiger partial charge on any atom is 0.246 e. The Morgan fingerprint density at radius 2 is 2.00 bits per heavy atom. The molecule has 0 aromatic heterocycles. The normalized spacial score (nSPS) is 19.3. The minimum Gasteiger partial charge on any atom is -0.371 e. The number of hydrogen-bond donors (Lipinski definition) is 1. The van der Waals surface area contributed by atoms with E-state index < -0.39 is 10.0 Å². The standard InChI is InChI=1S/C22H26N2O4S/c1-4-22(25)24-13-20(18-9-6-10-19(12-18)29(26,27)23-3)21(14-24)28-15-17-8-5-7-16(2)11-17/h4-12,20-21,23H,1,13-15H2,2-3H3/t20-,21+/m0/s1. The number of carbonyl (C=O) groups is 1. The molecule has 29 heavy (non-hydrogen) atoms. The summed E-state index contributed by atoms with van der Waals surface area (Å²) < 4.78 is 32.9. The van der Waals surface area contributed by atoms with Crippen LogP contribution in [0.15, 0.2) is 66.1 Å². The molecule has 0 bridgehead atoms. The molecule has 3 rings (SSSR count). The molecule has 1 fully saturated rings. The lowest BCUT2D eigenvalue weighted by Crippen LogP contribution is -2.28. The van der Waals surface area contributed by atoms with Crippen molar-refractivity contribution < 1.29 is 17.9 Å². The van der Waals surface area contributed by atoms with E-state index in [9.17, 15) is 13.2 Å². The Kier molecular flexibility index (Phi) is 6.52. The highest BCUT2D eigenvalue weighted by atomic mass is 32.2. The maximum atomic E-state index is 12.2. The van der Waals surface area contributed by atoms with Crippen molar-refractivity contribution in [3.8, 4) is 0 Å². The predicted octanol–water partition coefficient (Wildman–Crippen LogP) is 2.60. The zero-order valence-electron chi connectivity index (χ0n) is 16.7. The number of benzene rings is 2. The Morgan fingerprint density at radius 1 is 1.24 bits per heavy atom. The average molecular weight is 415 g/mol. The Hall–Kier alpha value is -2.48. The van der Waals surface area contributed by atoms with Gasteiger partial charge in [-0.2, -0.15) is 0 Å². The third-order valence-electron chi connectivity index (χ3n) is 5.16. The summed E-state index contributed by atoms with van der Waals surface area (Å²) in [5.41, 5.74) is 3.04. The van der Waals surface area contributed by atoms with Gasteiger partial charge >= 0.3 is 0 Å². The molecule has 6 nitrogen and oxygen atoms in total. The highest BCUT2D eigenvalue weighted by Crippen LogP contribution is 2.32. The zero-order chi connectivity index (χ0) is 21.0. The zero-order valence-corrected chi connectivity index (χ0v) is 17.5. The van der Waals surface area contributed by atoms with Crippen LogP contribution in [0.5, 0.6) is 0 Å². The monoisotopic (exact) mass is 414 g/mol. The summed E-state index contributed by atoms with van der Waals surface area (Å²) in [5, 5.41) is 0. The van der Waals surface area contributed by atoms with Crippen molar-refractivity contribution in [2.75, 3.05) is 20.1 Å². The van der Waals surface area contributed by atoms with Crippen LogP contribution in [-0.2, 0) is 26.2 Å². The van der Waals surface area contributed by atoms with Crippen molar-refractivity contribution in [2.24, 2.45) is 0 Å². The van der Waals surface area contributed by atoms with Crippen LogP contribution in [-0.4, -0.2) is 45.5 Å². The van der Waals surface area contributed by atoms with Gasteiger partial charge in [0.15, 0.2) is 0 Å². The quantitative estimate of drug-likeness (QED) is 0.707. The molecule has 1 N–H and O–H groups in total. The first-order valence-corrected chi connectivity index (χ1v) is 10.9. The van der Waals surface area contributed by atoms with Gasteiger partial charge in [-0.05, 0) is 43.3 Å². The van der Waals surface area contributed by atoms with Gasteiger partial charge in [-0.15, -0.1) is 0 Å². The Balaban J connectivity index is 1.86. The fraction of sp³-hybridized carbons (Fsp3) is 0.318. The van der Waals surface area contributed by atoms with E-state index in [4.69, 9.17) is 4.74 Å². The lowest BCUT2D eigenvalue weighted by atomic mass is 9.96. The van der Waals surface area contributed by atoms with Crippen molar-refractivity contribution in [3.63, 3.8) is 0 Å². The Labute approximate surface area is 172 Å². The molecule has 1 aliphatic rings. The average Bonchev–Trinajstić information content (AvgIpc) is 3.16. The summed E-state index contributed by atoms with van der Waals surface area (Å²) in [7, 11) is -2.17. The summed E-state index contributed by atoms with van der Waals surface area (Å²) in [4.78, 5) is 14.1. The van der Waals surface area contributed by atoms with E-state index in [0.717, 1.165) is 16.7 Å². The van der Waals surface area contributed by atoms with Crippen molar-refractivity contribution in [1.82, 2.24) is 9.62 Å². The molecule has 2 aromatic rings. The van der Waals surface area contributed by atoms with Crippen LogP contribution < -0.4 is 4.72 Å². The number of hydrogen-bond acceptors (Lipinski definition) is 4. The van der Waals surface area contributed by atoms with Crippen molar-refractivity contribution in [2.45, 2.75) is 30.4 Å². The summed E-state index contributed by atoms with van der Waals surface area (Å²) in [5.74, 6) is -0.286. The van der Waals surface area contributed by atoms with Crippen LogP contribution in [0.2, 0.25) is 0 Å². The van der Waals surface area contributed by atoms with E-state index in [-0.39, 0.29) is 22.8 Å². The van der Waals surface area contributed by atoms with Gasteiger partial charge in [0.05, 0.1) is 17.6 Å². The minimum atomic E-state index is -3.55. The smallest absolute Gasteiger partial charge is 0.246 e. The van der Waals surface area contributed by atoms with Crippen molar-refractivity contribution in [3.05, 3.63) is 77.9 Å². The first-order chi connectivity index (χ1) is 13.8. The van der Waals surface area contributed by atoms with Gasteiger partial charge in [-0.1, -0.05) is 48.5 Å². The predicted molar refractivity (Wildman–Crippen MR) is 112 cm³/mol. The highest BCUT2D eigenvalue weighted by Gasteiger charge is 2.36. The molecule has 2 aromatic carbocycles. The highest BCUT2D eigenvalue weighted by molar-refractivity contribution is 7.89.